The molecule has 70 valence electrons. The SMILES string of the molecule is CCOC(=O)C1=C(N)C(C#N)CC1. The zero-order chi connectivity index (χ0) is 9.84. The van der Waals surface area contributed by atoms with Crippen molar-refractivity contribution < 1.29 is 9.53 Å². The highest BCUT2D eigenvalue weighted by Crippen LogP contribution is 2.28. The summed E-state index contributed by atoms with van der Waals surface area (Å²) in [4.78, 5) is 11.2. The van der Waals surface area contributed by atoms with Gasteiger partial charge in [0.25, 0.3) is 0 Å². The van der Waals surface area contributed by atoms with Crippen LogP contribution in [0.3, 0.4) is 0 Å². The topological polar surface area (TPSA) is 76.1 Å². The average Bonchev–Trinajstić information content (AvgIpc) is 2.47. The predicted octanol–water partition coefficient (Wildman–Crippen LogP) is 0.696. The van der Waals surface area contributed by atoms with E-state index in [1.54, 1.807) is 6.92 Å². The summed E-state index contributed by atoms with van der Waals surface area (Å²) in [5.41, 5.74) is 6.49. The molecule has 1 aliphatic carbocycles. The lowest BCUT2D eigenvalue weighted by Gasteiger charge is -2.03. The first-order valence-corrected chi connectivity index (χ1v) is 4.26. The Morgan fingerprint density at radius 2 is 2.54 bits per heavy atom. The Hall–Kier alpha value is -1.50. The average molecular weight is 180 g/mol. The van der Waals surface area contributed by atoms with Gasteiger partial charge in [-0.1, -0.05) is 0 Å². The van der Waals surface area contributed by atoms with Crippen LogP contribution in [0.2, 0.25) is 0 Å². The second-order valence-electron chi connectivity index (χ2n) is 2.87. The fraction of sp³-hybridized carbons (Fsp3) is 0.556. The molecule has 0 amide bonds. The third kappa shape index (κ3) is 1.81. The van der Waals surface area contributed by atoms with Crippen molar-refractivity contribution in [2.45, 2.75) is 19.8 Å². The number of rotatable bonds is 2. The summed E-state index contributed by atoms with van der Waals surface area (Å²) in [6.07, 6.45) is 1.19. The van der Waals surface area contributed by atoms with Gasteiger partial charge in [-0.05, 0) is 19.8 Å². The van der Waals surface area contributed by atoms with E-state index in [4.69, 9.17) is 15.7 Å². The smallest absolute Gasteiger partial charge is 0.335 e. The third-order valence-corrected chi connectivity index (χ3v) is 2.08. The molecule has 0 aromatic carbocycles. The third-order valence-electron chi connectivity index (χ3n) is 2.08. The van der Waals surface area contributed by atoms with Crippen molar-refractivity contribution in [3.05, 3.63) is 11.3 Å². The molecule has 0 bridgehead atoms. The van der Waals surface area contributed by atoms with Crippen LogP contribution in [0.4, 0.5) is 0 Å². The Bertz CT molecular complexity index is 288. The number of ether oxygens (including phenoxy) is 1. The van der Waals surface area contributed by atoms with Gasteiger partial charge >= 0.3 is 5.97 Å². The lowest BCUT2D eigenvalue weighted by Crippen LogP contribution is -2.12. The Morgan fingerprint density at radius 1 is 1.85 bits per heavy atom. The van der Waals surface area contributed by atoms with Crippen molar-refractivity contribution in [3.63, 3.8) is 0 Å². The molecule has 0 aromatic heterocycles. The van der Waals surface area contributed by atoms with Gasteiger partial charge in [-0.2, -0.15) is 5.26 Å². The van der Waals surface area contributed by atoms with Crippen LogP contribution < -0.4 is 5.73 Å². The number of allylic oxidation sites excluding steroid dienone is 1. The summed E-state index contributed by atoms with van der Waals surface area (Å²) in [6.45, 7) is 2.08. The molecule has 1 unspecified atom stereocenters. The van der Waals surface area contributed by atoms with Crippen molar-refractivity contribution in [1.29, 1.82) is 5.26 Å². The lowest BCUT2D eigenvalue weighted by atomic mass is 10.1. The number of carbonyl (C=O) groups excluding carboxylic acids is 1. The highest BCUT2D eigenvalue weighted by atomic mass is 16.5. The van der Waals surface area contributed by atoms with E-state index < -0.39 is 0 Å². The molecule has 0 saturated carbocycles. The molecular formula is C9H12N2O2. The zero-order valence-electron chi connectivity index (χ0n) is 7.54. The fourth-order valence-corrected chi connectivity index (χ4v) is 1.37. The van der Waals surface area contributed by atoms with Crippen molar-refractivity contribution in [3.8, 4) is 6.07 Å². The maximum atomic E-state index is 11.2. The van der Waals surface area contributed by atoms with E-state index in [1.807, 2.05) is 6.07 Å². The second kappa shape index (κ2) is 3.94. The molecule has 0 aliphatic heterocycles. The maximum Gasteiger partial charge on any atom is 0.335 e. The van der Waals surface area contributed by atoms with E-state index >= 15 is 0 Å². The number of carbonyl (C=O) groups is 1. The molecule has 0 heterocycles. The standard InChI is InChI=1S/C9H12N2O2/c1-2-13-9(12)7-4-3-6(5-10)8(7)11/h6H,2-4,11H2,1H3. The van der Waals surface area contributed by atoms with Crippen molar-refractivity contribution in [2.75, 3.05) is 6.61 Å². The van der Waals surface area contributed by atoms with E-state index in [-0.39, 0.29) is 11.9 Å². The van der Waals surface area contributed by atoms with Gasteiger partial charge < -0.3 is 10.5 Å². The highest BCUT2D eigenvalue weighted by molar-refractivity contribution is 5.90. The first-order chi connectivity index (χ1) is 6.20. The summed E-state index contributed by atoms with van der Waals surface area (Å²) in [7, 11) is 0. The van der Waals surface area contributed by atoms with Gasteiger partial charge in [0.1, 0.15) is 0 Å². The summed E-state index contributed by atoms with van der Waals surface area (Å²) >= 11 is 0. The minimum Gasteiger partial charge on any atom is -0.463 e. The molecule has 0 spiro atoms. The predicted molar refractivity (Wildman–Crippen MR) is 46.2 cm³/mol. The number of nitriles is 1. The van der Waals surface area contributed by atoms with Crippen molar-refractivity contribution >= 4 is 5.97 Å². The highest BCUT2D eigenvalue weighted by Gasteiger charge is 2.27. The van der Waals surface area contributed by atoms with Gasteiger partial charge in [-0.3, -0.25) is 0 Å². The van der Waals surface area contributed by atoms with Crippen LogP contribution in [0.5, 0.6) is 0 Å². The molecule has 0 radical (unpaired) electrons. The number of nitrogens with two attached hydrogens (primary N) is 1. The zero-order valence-corrected chi connectivity index (χ0v) is 7.54. The van der Waals surface area contributed by atoms with E-state index in [9.17, 15) is 4.79 Å². The Balaban J connectivity index is 2.76. The minimum atomic E-state index is -0.377. The molecule has 4 nitrogen and oxygen atoms in total. The van der Waals surface area contributed by atoms with Crippen LogP contribution in [0.1, 0.15) is 19.8 Å². The minimum absolute atomic E-state index is 0.306. The van der Waals surface area contributed by atoms with E-state index in [0.717, 1.165) is 0 Å². The van der Waals surface area contributed by atoms with E-state index in [1.165, 1.54) is 0 Å². The molecule has 4 heteroatoms. The van der Waals surface area contributed by atoms with Gasteiger partial charge in [-0.15, -0.1) is 0 Å². The Labute approximate surface area is 77.0 Å². The molecular weight excluding hydrogens is 168 g/mol. The molecule has 1 rings (SSSR count). The maximum absolute atomic E-state index is 11.2. The monoisotopic (exact) mass is 180 g/mol. The number of hydrogen-bond donors (Lipinski definition) is 1. The lowest BCUT2D eigenvalue weighted by molar-refractivity contribution is -0.138. The normalized spacial score (nSPS) is 21.4. The van der Waals surface area contributed by atoms with Gasteiger partial charge in [-0.25, -0.2) is 4.79 Å². The Kier molecular flexibility index (Phi) is 2.91. The number of esters is 1. The summed E-state index contributed by atoms with van der Waals surface area (Å²) < 4.78 is 4.80. The molecule has 0 saturated heterocycles. The van der Waals surface area contributed by atoms with Crippen LogP contribution in [0.25, 0.3) is 0 Å². The molecule has 0 aromatic rings. The van der Waals surface area contributed by atoms with Crippen molar-refractivity contribution in [1.82, 2.24) is 0 Å². The number of nitrogens with zero attached hydrogens (tertiary/aromatic N) is 1. The van der Waals surface area contributed by atoms with Crippen LogP contribution in [-0.4, -0.2) is 12.6 Å². The summed E-state index contributed by atoms with van der Waals surface area (Å²) in [6, 6.07) is 2.05. The van der Waals surface area contributed by atoms with Crippen LogP contribution >= 0.6 is 0 Å². The van der Waals surface area contributed by atoms with E-state index in [2.05, 4.69) is 0 Å². The van der Waals surface area contributed by atoms with Crippen molar-refractivity contribution in [2.24, 2.45) is 11.7 Å². The number of hydrogen-bond acceptors (Lipinski definition) is 4. The molecule has 1 aliphatic rings. The van der Waals surface area contributed by atoms with Gasteiger partial charge in [0.2, 0.25) is 0 Å². The Morgan fingerprint density at radius 3 is 3.00 bits per heavy atom. The molecule has 13 heavy (non-hydrogen) atoms. The van der Waals surface area contributed by atoms with Crippen LogP contribution in [0, 0.1) is 17.2 Å². The van der Waals surface area contributed by atoms with Gasteiger partial charge in [0, 0.05) is 5.70 Å². The van der Waals surface area contributed by atoms with Gasteiger partial charge in [0.15, 0.2) is 0 Å². The second-order valence-corrected chi connectivity index (χ2v) is 2.87. The summed E-state index contributed by atoms with van der Waals surface area (Å²) in [5, 5.41) is 8.65. The first-order valence-electron chi connectivity index (χ1n) is 4.26. The van der Waals surface area contributed by atoms with Crippen LogP contribution in [0.15, 0.2) is 11.3 Å². The summed E-state index contributed by atoms with van der Waals surface area (Å²) in [5.74, 6) is -0.683. The molecule has 2 N–H and O–H groups in total. The molecule has 1 atom stereocenters. The van der Waals surface area contributed by atoms with Gasteiger partial charge in [0.05, 0.1) is 24.2 Å². The quantitative estimate of drug-likeness (QED) is 0.634. The molecule has 0 fully saturated rings. The van der Waals surface area contributed by atoms with Crippen LogP contribution in [-0.2, 0) is 9.53 Å². The fourth-order valence-electron chi connectivity index (χ4n) is 1.37. The van der Waals surface area contributed by atoms with E-state index in [0.29, 0.717) is 30.7 Å². The first kappa shape index (κ1) is 9.59. The largest absolute Gasteiger partial charge is 0.463 e.